The van der Waals surface area contributed by atoms with Crippen LogP contribution in [0.4, 0.5) is 5.69 Å². The van der Waals surface area contributed by atoms with Gasteiger partial charge in [0.05, 0.1) is 35.4 Å². The molecule has 0 fully saturated rings. The molecule has 30 heavy (non-hydrogen) atoms. The maximum atomic E-state index is 12.6. The van der Waals surface area contributed by atoms with Crippen molar-refractivity contribution in [1.82, 2.24) is 9.88 Å². The summed E-state index contributed by atoms with van der Waals surface area (Å²) in [6.45, 7) is 2.07. The molecule has 0 bridgehead atoms. The largest absolute Gasteiger partial charge is 0.467 e. The van der Waals surface area contributed by atoms with Crippen LogP contribution in [0.1, 0.15) is 27.4 Å². The Balaban J connectivity index is 1.68. The molecule has 2 amide bonds. The summed E-state index contributed by atoms with van der Waals surface area (Å²) in [5.41, 5.74) is 1.72. The van der Waals surface area contributed by atoms with Gasteiger partial charge in [0.1, 0.15) is 16.9 Å². The lowest BCUT2D eigenvalue weighted by molar-refractivity contribution is -0.127. The van der Waals surface area contributed by atoms with E-state index in [0.29, 0.717) is 34.3 Å². The van der Waals surface area contributed by atoms with Crippen molar-refractivity contribution in [1.29, 1.82) is 5.26 Å². The number of carbonyl (C=O) groups excluding carboxylic acids is 2. The SMILES string of the molecule is Cc1nc(SCC(=O)N(C)Cc2ccco2)c(C#N)cc1C(=O)Nc1ccccc1. The molecule has 0 unspecified atom stereocenters. The van der Waals surface area contributed by atoms with Crippen LogP contribution in [0.25, 0.3) is 0 Å². The van der Waals surface area contributed by atoms with Crippen LogP contribution in [0.2, 0.25) is 0 Å². The summed E-state index contributed by atoms with van der Waals surface area (Å²) in [4.78, 5) is 30.9. The van der Waals surface area contributed by atoms with E-state index >= 15 is 0 Å². The van der Waals surface area contributed by atoms with Gasteiger partial charge in [-0.1, -0.05) is 30.0 Å². The molecular formula is C22H20N4O3S. The van der Waals surface area contributed by atoms with Gasteiger partial charge in [-0.15, -0.1) is 0 Å². The number of nitrogens with one attached hydrogen (secondary N) is 1. The monoisotopic (exact) mass is 420 g/mol. The summed E-state index contributed by atoms with van der Waals surface area (Å²) >= 11 is 1.17. The maximum Gasteiger partial charge on any atom is 0.257 e. The van der Waals surface area contributed by atoms with Gasteiger partial charge in [0.25, 0.3) is 5.91 Å². The molecule has 3 aromatic rings. The standard InChI is InChI=1S/C22H20N4O3S/c1-15-19(21(28)25-17-7-4-3-5-8-17)11-16(12-23)22(24-15)30-14-20(27)26(2)13-18-9-6-10-29-18/h3-11H,13-14H2,1-2H3,(H,25,28). The Morgan fingerprint density at radius 3 is 2.67 bits per heavy atom. The summed E-state index contributed by atoms with van der Waals surface area (Å²) < 4.78 is 5.25. The zero-order valence-electron chi connectivity index (χ0n) is 16.6. The summed E-state index contributed by atoms with van der Waals surface area (Å²) in [5, 5.41) is 12.7. The van der Waals surface area contributed by atoms with Crippen LogP contribution in [0.15, 0.2) is 64.2 Å². The van der Waals surface area contributed by atoms with E-state index < -0.39 is 0 Å². The number of amides is 2. The first-order chi connectivity index (χ1) is 14.5. The third-order valence-corrected chi connectivity index (χ3v) is 5.28. The van der Waals surface area contributed by atoms with Crippen molar-refractivity contribution in [3.63, 3.8) is 0 Å². The molecule has 1 N–H and O–H groups in total. The van der Waals surface area contributed by atoms with Gasteiger partial charge in [0, 0.05) is 12.7 Å². The first-order valence-electron chi connectivity index (χ1n) is 9.15. The highest BCUT2D eigenvalue weighted by Crippen LogP contribution is 2.24. The predicted octanol–water partition coefficient (Wildman–Crippen LogP) is 3.86. The quantitative estimate of drug-likeness (QED) is 0.583. The Morgan fingerprint density at radius 1 is 1.23 bits per heavy atom. The second-order valence-corrected chi connectivity index (χ2v) is 7.49. The van der Waals surface area contributed by atoms with E-state index in [0.717, 1.165) is 0 Å². The van der Waals surface area contributed by atoms with Crippen molar-refractivity contribution in [2.24, 2.45) is 0 Å². The summed E-state index contributed by atoms with van der Waals surface area (Å²) in [5.74, 6) is 0.351. The topological polar surface area (TPSA) is 99.2 Å². The molecule has 3 rings (SSSR count). The number of aromatic nitrogens is 1. The lowest BCUT2D eigenvalue weighted by atomic mass is 10.1. The van der Waals surface area contributed by atoms with Gasteiger partial charge in [-0.05, 0) is 37.3 Å². The normalized spacial score (nSPS) is 10.3. The number of aryl methyl sites for hydroxylation is 1. The molecule has 2 aromatic heterocycles. The van der Waals surface area contributed by atoms with E-state index in [1.54, 1.807) is 49.4 Å². The second-order valence-electron chi connectivity index (χ2n) is 6.52. The Labute approximate surface area is 178 Å². The van der Waals surface area contributed by atoms with Crippen molar-refractivity contribution in [2.75, 3.05) is 18.1 Å². The predicted molar refractivity (Wildman–Crippen MR) is 114 cm³/mol. The molecule has 0 atom stereocenters. The first-order valence-corrected chi connectivity index (χ1v) is 10.1. The number of anilines is 1. The van der Waals surface area contributed by atoms with Crippen molar-refractivity contribution in [3.8, 4) is 6.07 Å². The van der Waals surface area contributed by atoms with E-state index in [2.05, 4.69) is 16.4 Å². The van der Waals surface area contributed by atoms with Gasteiger partial charge >= 0.3 is 0 Å². The highest BCUT2D eigenvalue weighted by molar-refractivity contribution is 8.00. The Bertz CT molecular complexity index is 1080. The van der Waals surface area contributed by atoms with E-state index in [4.69, 9.17) is 4.42 Å². The van der Waals surface area contributed by atoms with Crippen LogP contribution in [0.3, 0.4) is 0 Å². The molecule has 0 aliphatic carbocycles. The van der Waals surface area contributed by atoms with E-state index in [-0.39, 0.29) is 23.1 Å². The summed E-state index contributed by atoms with van der Waals surface area (Å²) in [7, 11) is 1.69. The number of hydrogen-bond donors (Lipinski definition) is 1. The van der Waals surface area contributed by atoms with Crippen LogP contribution in [0.5, 0.6) is 0 Å². The van der Waals surface area contributed by atoms with Gasteiger partial charge < -0.3 is 14.6 Å². The van der Waals surface area contributed by atoms with Gasteiger partial charge in [0.2, 0.25) is 5.91 Å². The lowest BCUT2D eigenvalue weighted by Crippen LogP contribution is -2.27. The number of nitrogens with zero attached hydrogens (tertiary/aromatic N) is 3. The van der Waals surface area contributed by atoms with Gasteiger partial charge in [-0.3, -0.25) is 9.59 Å². The average Bonchev–Trinajstić information content (AvgIpc) is 3.25. The van der Waals surface area contributed by atoms with E-state index in [1.165, 1.54) is 17.8 Å². The number of para-hydroxylation sites is 1. The third-order valence-electron chi connectivity index (χ3n) is 4.31. The number of hydrogen-bond acceptors (Lipinski definition) is 6. The third kappa shape index (κ3) is 5.27. The molecule has 0 spiro atoms. The minimum Gasteiger partial charge on any atom is -0.467 e. The Hall–Kier alpha value is -3.57. The van der Waals surface area contributed by atoms with Crippen LogP contribution < -0.4 is 5.32 Å². The van der Waals surface area contributed by atoms with Crippen LogP contribution >= 0.6 is 11.8 Å². The fraction of sp³-hybridized carbons (Fsp3) is 0.182. The number of carbonyl (C=O) groups is 2. The highest BCUT2D eigenvalue weighted by atomic mass is 32.2. The number of furan rings is 1. The minimum absolute atomic E-state index is 0.119. The van der Waals surface area contributed by atoms with Gasteiger partial charge in [0.15, 0.2) is 0 Å². The van der Waals surface area contributed by atoms with Crippen molar-refractivity contribution >= 4 is 29.3 Å². The number of pyridine rings is 1. The molecule has 0 saturated carbocycles. The van der Waals surface area contributed by atoms with E-state index in [1.807, 2.05) is 18.2 Å². The zero-order valence-corrected chi connectivity index (χ0v) is 17.4. The van der Waals surface area contributed by atoms with Crippen molar-refractivity contribution in [2.45, 2.75) is 18.5 Å². The molecule has 8 heteroatoms. The second kappa shape index (κ2) is 9.76. The minimum atomic E-state index is -0.339. The maximum absolute atomic E-state index is 12.6. The molecule has 152 valence electrons. The number of benzene rings is 1. The lowest BCUT2D eigenvalue weighted by Gasteiger charge is -2.16. The van der Waals surface area contributed by atoms with Gasteiger partial charge in [-0.2, -0.15) is 5.26 Å². The Kier molecular flexibility index (Phi) is 6.88. The number of rotatable bonds is 7. The molecule has 0 saturated heterocycles. The smallest absolute Gasteiger partial charge is 0.257 e. The van der Waals surface area contributed by atoms with Crippen LogP contribution in [-0.4, -0.2) is 34.5 Å². The Morgan fingerprint density at radius 2 is 2.00 bits per heavy atom. The van der Waals surface area contributed by atoms with Crippen molar-refractivity contribution < 1.29 is 14.0 Å². The molecule has 0 aliphatic heterocycles. The number of nitriles is 1. The molecule has 1 aromatic carbocycles. The number of thioether (sulfide) groups is 1. The van der Waals surface area contributed by atoms with Crippen LogP contribution in [0, 0.1) is 18.3 Å². The molecular weight excluding hydrogens is 400 g/mol. The first kappa shape index (κ1) is 21.1. The highest BCUT2D eigenvalue weighted by Gasteiger charge is 2.18. The van der Waals surface area contributed by atoms with Gasteiger partial charge in [-0.25, -0.2) is 4.98 Å². The zero-order chi connectivity index (χ0) is 21.5. The fourth-order valence-corrected chi connectivity index (χ4v) is 3.63. The molecule has 0 radical (unpaired) electrons. The van der Waals surface area contributed by atoms with E-state index in [9.17, 15) is 14.9 Å². The summed E-state index contributed by atoms with van der Waals surface area (Å²) in [6, 6.07) is 16.2. The van der Waals surface area contributed by atoms with Crippen LogP contribution in [-0.2, 0) is 11.3 Å². The molecule has 2 heterocycles. The van der Waals surface area contributed by atoms with Crippen molar-refractivity contribution in [3.05, 3.63) is 77.4 Å². The summed E-state index contributed by atoms with van der Waals surface area (Å²) in [6.07, 6.45) is 1.56. The average molecular weight is 420 g/mol. The fourth-order valence-electron chi connectivity index (χ4n) is 2.69. The molecule has 0 aliphatic rings. The molecule has 7 nitrogen and oxygen atoms in total.